The molecule has 84 valence electrons. The average molecular weight is 389 g/mol. The molecule has 1 atom stereocenters. The number of hydrogen-bond acceptors (Lipinski definition) is 2. The van der Waals surface area contributed by atoms with Gasteiger partial charge in [0.15, 0.2) is 5.78 Å². The van der Waals surface area contributed by atoms with E-state index in [4.69, 9.17) is 4.74 Å². The number of ketones is 1. The van der Waals surface area contributed by atoms with Gasteiger partial charge in [-0.25, -0.2) is 0 Å². The molecule has 1 unspecified atom stereocenters. The van der Waals surface area contributed by atoms with Crippen molar-refractivity contribution in [2.24, 2.45) is 0 Å². The molecule has 1 saturated carbocycles. The molecule has 0 bridgehead atoms. The summed E-state index contributed by atoms with van der Waals surface area (Å²) in [6, 6.07) is 0. The summed E-state index contributed by atoms with van der Waals surface area (Å²) in [5.74, 6) is 0.281. The molecule has 7 heteroatoms. The average Bonchev–Trinajstić information content (AvgIpc) is 1.89. The first-order valence-electron chi connectivity index (χ1n) is 3.40. The van der Waals surface area contributed by atoms with Crippen molar-refractivity contribution in [3.8, 4) is 0 Å². The molecule has 0 saturated heterocycles. The molecule has 0 aromatic rings. The number of hydrogen-bond donors (Lipinski definition) is 0. The van der Waals surface area contributed by atoms with Crippen LogP contribution in [0.1, 0.15) is 25.7 Å². The van der Waals surface area contributed by atoms with E-state index in [1.807, 2.05) is 0 Å². The summed E-state index contributed by atoms with van der Waals surface area (Å²) in [6.45, 7) is 0. The van der Waals surface area contributed by atoms with Crippen LogP contribution in [0.15, 0.2) is 0 Å². The second kappa shape index (κ2) is 17.0. The number of halogens is 4. The minimum absolute atomic E-state index is 0. The van der Waals surface area contributed by atoms with Crippen LogP contribution in [-0.4, -0.2) is 42.9 Å². The van der Waals surface area contributed by atoms with Crippen LogP contribution in [0.25, 0.3) is 0 Å². The molecule has 14 heavy (non-hydrogen) atoms. The first-order chi connectivity index (χ1) is 4.34. The first kappa shape index (κ1) is 29.6. The standard InChI is InChI=1S/C7H12O2.4ClH.Sn/c1-9-7-5-3-2-4-6(7)8;;;;;/h7H,2-5H2,1H3;4*1H;/q;;;;;+4/p-4. The zero-order valence-electron chi connectivity index (χ0n) is 7.73. The SMILES string of the molecule is COC1CCCCC1=O.[Cl-].[Cl-].[Cl-].[Cl-].[Sn+4]. The Kier molecular flexibility index (Phi) is 35.9. The molecule has 0 amide bonds. The van der Waals surface area contributed by atoms with Crippen molar-refractivity contribution in [2.45, 2.75) is 31.8 Å². The maximum absolute atomic E-state index is 10.9. The summed E-state index contributed by atoms with van der Waals surface area (Å²) in [5, 5.41) is 0. The molecule has 0 heterocycles. The Morgan fingerprint density at radius 2 is 1.64 bits per heavy atom. The fourth-order valence-corrected chi connectivity index (χ4v) is 1.20. The minimum atomic E-state index is -0.0845. The number of carbonyl (C=O) groups excluding carboxylic acids is 1. The van der Waals surface area contributed by atoms with Crippen LogP contribution in [-0.2, 0) is 9.53 Å². The number of Topliss-reactive ketones (excluding diaryl/α,β-unsaturated/α-hetero) is 1. The van der Waals surface area contributed by atoms with Crippen LogP contribution in [0.2, 0.25) is 0 Å². The van der Waals surface area contributed by atoms with E-state index in [2.05, 4.69) is 0 Å². The van der Waals surface area contributed by atoms with E-state index in [1.54, 1.807) is 7.11 Å². The molecule has 2 nitrogen and oxygen atoms in total. The Balaban J connectivity index is -0.0000000540. The van der Waals surface area contributed by atoms with Crippen molar-refractivity contribution < 1.29 is 59.2 Å². The quantitative estimate of drug-likeness (QED) is 0.417. The smallest absolute Gasteiger partial charge is 1.00 e. The van der Waals surface area contributed by atoms with Gasteiger partial charge in [0.25, 0.3) is 0 Å². The zero-order valence-corrected chi connectivity index (χ0v) is 13.6. The maximum atomic E-state index is 10.9. The number of rotatable bonds is 1. The van der Waals surface area contributed by atoms with Crippen molar-refractivity contribution in [3.63, 3.8) is 0 Å². The largest absolute Gasteiger partial charge is 4.00 e. The summed E-state index contributed by atoms with van der Waals surface area (Å²) in [4.78, 5) is 10.9. The molecular formula is C7H12Cl4O2Sn. The van der Waals surface area contributed by atoms with Crippen molar-refractivity contribution >= 4 is 29.7 Å². The molecule has 1 aliphatic carbocycles. The van der Waals surface area contributed by atoms with Gasteiger partial charge in [-0.1, -0.05) is 0 Å². The summed E-state index contributed by atoms with van der Waals surface area (Å²) in [6.07, 6.45) is 3.76. The fourth-order valence-electron chi connectivity index (χ4n) is 1.20. The van der Waals surface area contributed by atoms with Gasteiger partial charge in [-0.15, -0.1) is 0 Å². The van der Waals surface area contributed by atoms with Crippen LogP contribution >= 0.6 is 0 Å². The van der Waals surface area contributed by atoms with Crippen LogP contribution in [0.4, 0.5) is 0 Å². The van der Waals surface area contributed by atoms with E-state index in [1.165, 1.54) is 0 Å². The van der Waals surface area contributed by atoms with Gasteiger partial charge in [0.1, 0.15) is 6.10 Å². The molecule has 0 aromatic carbocycles. The third-order valence-corrected chi connectivity index (χ3v) is 1.78. The Bertz CT molecular complexity index is 126. The summed E-state index contributed by atoms with van der Waals surface area (Å²) >= 11 is 0. The summed E-state index contributed by atoms with van der Waals surface area (Å²) in [7, 11) is 1.61. The van der Waals surface area contributed by atoms with Gasteiger partial charge in [0.2, 0.25) is 0 Å². The Morgan fingerprint density at radius 1 is 1.14 bits per heavy atom. The molecule has 0 aromatic heterocycles. The van der Waals surface area contributed by atoms with Crippen LogP contribution in [0.5, 0.6) is 0 Å². The minimum Gasteiger partial charge on any atom is -1.00 e. The van der Waals surface area contributed by atoms with Gasteiger partial charge in [-0.3, -0.25) is 4.79 Å². The Labute approximate surface area is 127 Å². The van der Waals surface area contributed by atoms with E-state index >= 15 is 0 Å². The van der Waals surface area contributed by atoms with Gasteiger partial charge in [-0.05, 0) is 19.3 Å². The molecule has 1 aliphatic rings. The van der Waals surface area contributed by atoms with Crippen molar-refractivity contribution in [3.05, 3.63) is 0 Å². The number of ether oxygens (including phenoxy) is 1. The first-order valence-corrected chi connectivity index (χ1v) is 3.40. The Hall–Kier alpha value is 1.59. The summed E-state index contributed by atoms with van der Waals surface area (Å²) < 4.78 is 4.95. The third kappa shape index (κ3) is 10.1. The van der Waals surface area contributed by atoms with Crippen LogP contribution in [0, 0.1) is 0 Å². The number of carbonyl (C=O) groups is 1. The topological polar surface area (TPSA) is 26.3 Å². The van der Waals surface area contributed by atoms with Crippen molar-refractivity contribution in [1.82, 2.24) is 0 Å². The van der Waals surface area contributed by atoms with E-state index in [-0.39, 0.29) is 85.4 Å². The molecule has 0 aliphatic heterocycles. The van der Waals surface area contributed by atoms with Gasteiger partial charge in [0, 0.05) is 13.5 Å². The predicted octanol–water partition coefficient (Wildman–Crippen LogP) is -11.2. The van der Waals surface area contributed by atoms with E-state index in [0.29, 0.717) is 0 Å². The van der Waals surface area contributed by atoms with Gasteiger partial charge >= 0.3 is 23.9 Å². The second-order valence-electron chi connectivity index (χ2n) is 2.44. The third-order valence-electron chi connectivity index (χ3n) is 1.78. The van der Waals surface area contributed by atoms with E-state index < -0.39 is 0 Å². The molecule has 0 spiro atoms. The molecule has 1 rings (SSSR count). The second-order valence-corrected chi connectivity index (χ2v) is 2.44. The van der Waals surface area contributed by atoms with Crippen LogP contribution < -0.4 is 49.6 Å². The summed E-state index contributed by atoms with van der Waals surface area (Å²) in [5.41, 5.74) is 0. The predicted molar refractivity (Wildman–Crippen MR) is 40.0 cm³/mol. The molecular weight excluding hydrogens is 377 g/mol. The van der Waals surface area contributed by atoms with E-state index in [0.717, 1.165) is 25.7 Å². The Morgan fingerprint density at radius 3 is 1.93 bits per heavy atom. The normalized spacial score (nSPS) is 18.4. The van der Waals surface area contributed by atoms with Gasteiger partial charge in [0.05, 0.1) is 0 Å². The zero-order chi connectivity index (χ0) is 6.69. The maximum Gasteiger partial charge on any atom is 4.00 e. The molecule has 0 N–H and O–H groups in total. The van der Waals surface area contributed by atoms with Crippen molar-refractivity contribution in [2.75, 3.05) is 7.11 Å². The fraction of sp³-hybridized carbons (Fsp3) is 0.857. The number of methoxy groups -OCH3 is 1. The van der Waals surface area contributed by atoms with Crippen molar-refractivity contribution in [1.29, 1.82) is 0 Å². The monoisotopic (exact) mass is 388 g/mol. The molecule has 0 radical (unpaired) electrons. The van der Waals surface area contributed by atoms with Crippen LogP contribution in [0.3, 0.4) is 0 Å². The van der Waals surface area contributed by atoms with Gasteiger partial charge in [-0.2, -0.15) is 0 Å². The molecule has 1 fully saturated rings. The van der Waals surface area contributed by atoms with E-state index in [9.17, 15) is 4.79 Å². The van der Waals surface area contributed by atoms with Gasteiger partial charge < -0.3 is 54.4 Å².